The van der Waals surface area contributed by atoms with E-state index in [1.807, 2.05) is 35.2 Å². The minimum Gasteiger partial charge on any atom is -0.497 e. The molecule has 142 valence electrons. The van der Waals surface area contributed by atoms with Crippen LogP contribution >= 0.6 is 0 Å². The van der Waals surface area contributed by atoms with Gasteiger partial charge < -0.3 is 19.3 Å². The van der Waals surface area contributed by atoms with Crippen LogP contribution in [-0.2, 0) is 11.2 Å². The minimum atomic E-state index is -0.0929. The van der Waals surface area contributed by atoms with Gasteiger partial charge in [0.25, 0.3) is 5.91 Å². The zero-order chi connectivity index (χ0) is 19.2. The fourth-order valence-corrected chi connectivity index (χ4v) is 3.19. The van der Waals surface area contributed by atoms with Crippen LogP contribution in [0.5, 0.6) is 11.5 Å². The highest BCUT2D eigenvalue weighted by Crippen LogP contribution is 2.26. The van der Waals surface area contributed by atoms with Crippen molar-refractivity contribution in [3.05, 3.63) is 59.7 Å². The van der Waals surface area contributed by atoms with Gasteiger partial charge in [0.05, 0.1) is 26.2 Å². The van der Waals surface area contributed by atoms with Gasteiger partial charge in [0.15, 0.2) is 0 Å². The summed E-state index contributed by atoms with van der Waals surface area (Å²) in [6, 6.07) is 14.9. The number of amides is 2. The van der Waals surface area contributed by atoms with Crippen molar-refractivity contribution in [2.45, 2.75) is 6.42 Å². The molecule has 0 saturated carbocycles. The average Bonchev–Trinajstić information content (AvgIpc) is 2.73. The SMILES string of the molecule is COc1ccc(C(=O)N2CCN(C(=O)Cc3ccccc3)CC2)c(OC)c1. The number of ether oxygens (including phenoxy) is 2. The Balaban J connectivity index is 1.60. The summed E-state index contributed by atoms with van der Waals surface area (Å²) >= 11 is 0. The van der Waals surface area contributed by atoms with Gasteiger partial charge in [-0.15, -0.1) is 0 Å². The number of rotatable bonds is 5. The van der Waals surface area contributed by atoms with Crippen molar-refractivity contribution in [3.63, 3.8) is 0 Å². The lowest BCUT2D eigenvalue weighted by atomic mass is 10.1. The highest BCUT2D eigenvalue weighted by atomic mass is 16.5. The molecule has 1 fully saturated rings. The van der Waals surface area contributed by atoms with Crippen LogP contribution in [0.2, 0.25) is 0 Å². The lowest BCUT2D eigenvalue weighted by Crippen LogP contribution is -2.51. The van der Waals surface area contributed by atoms with Crippen LogP contribution in [-0.4, -0.2) is 62.0 Å². The van der Waals surface area contributed by atoms with Crippen molar-refractivity contribution in [1.29, 1.82) is 0 Å². The molecule has 0 bridgehead atoms. The van der Waals surface area contributed by atoms with Crippen LogP contribution < -0.4 is 9.47 Å². The quantitative estimate of drug-likeness (QED) is 0.812. The van der Waals surface area contributed by atoms with E-state index in [4.69, 9.17) is 9.47 Å². The van der Waals surface area contributed by atoms with Crippen LogP contribution in [0.3, 0.4) is 0 Å². The van der Waals surface area contributed by atoms with Gasteiger partial charge in [0.2, 0.25) is 5.91 Å². The van der Waals surface area contributed by atoms with E-state index in [0.717, 1.165) is 5.56 Å². The van der Waals surface area contributed by atoms with Crippen molar-refractivity contribution in [1.82, 2.24) is 9.80 Å². The summed E-state index contributed by atoms with van der Waals surface area (Å²) < 4.78 is 10.5. The molecule has 2 aromatic rings. The molecule has 0 aliphatic carbocycles. The van der Waals surface area contributed by atoms with Crippen LogP contribution in [0.15, 0.2) is 48.5 Å². The fraction of sp³-hybridized carbons (Fsp3) is 0.333. The van der Waals surface area contributed by atoms with E-state index in [1.54, 1.807) is 30.2 Å². The van der Waals surface area contributed by atoms with Gasteiger partial charge in [-0.25, -0.2) is 0 Å². The van der Waals surface area contributed by atoms with Crippen LogP contribution in [0.4, 0.5) is 0 Å². The zero-order valence-corrected chi connectivity index (χ0v) is 15.7. The predicted molar refractivity (Wildman–Crippen MR) is 102 cm³/mol. The molecule has 0 atom stereocenters. The Kier molecular flexibility index (Phi) is 5.96. The molecule has 1 aliphatic heterocycles. The van der Waals surface area contributed by atoms with Gasteiger partial charge in [-0.1, -0.05) is 30.3 Å². The summed E-state index contributed by atoms with van der Waals surface area (Å²) in [6.45, 7) is 2.09. The van der Waals surface area contributed by atoms with Crippen molar-refractivity contribution in [2.75, 3.05) is 40.4 Å². The van der Waals surface area contributed by atoms with E-state index in [-0.39, 0.29) is 11.8 Å². The molecule has 0 N–H and O–H groups in total. The van der Waals surface area contributed by atoms with Gasteiger partial charge in [-0.05, 0) is 17.7 Å². The van der Waals surface area contributed by atoms with E-state index < -0.39 is 0 Å². The molecule has 6 nitrogen and oxygen atoms in total. The molecular weight excluding hydrogens is 344 g/mol. The van der Waals surface area contributed by atoms with Crippen molar-refractivity contribution < 1.29 is 19.1 Å². The number of benzene rings is 2. The Morgan fingerprint density at radius 3 is 2.19 bits per heavy atom. The molecule has 3 rings (SSSR count). The molecule has 2 amide bonds. The summed E-state index contributed by atoms with van der Waals surface area (Å²) in [5, 5.41) is 0. The van der Waals surface area contributed by atoms with E-state index in [1.165, 1.54) is 7.11 Å². The molecule has 1 saturated heterocycles. The maximum absolute atomic E-state index is 12.8. The minimum absolute atomic E-state index is 0.0929. The molecule has 2 aromatic carbocycles. The second kappa shape index (κ2) is 8.58. The molecule has 0 aromatic heterocycles. The monoisotopic (exact) mass is 368 g/mol. The first-order valence-electron chi connectivity index (χ1n) is 8.95. The normalized spacial score (nSPS) is 14.0. The Labute approximate surface area is 159 Å². The number of hydrogen-bond acceptors (Lipinski definition) is 4. The number of carbonyl (C=O) groups excluding carboxylic acids is 2. The third-order valence-electron chi connectivity index (χ3n) is 4.76. The molecule has 0 radical (unpaired) electrons. The fourth-order valence-electron chi connectivity index (χ4n) is 3.19. The van der Waals surface area contributed by atoms with Gasteiger partial charge >= 0.3 is 0 Å². The lowest BCUT2D eigenvalue weighted by Gasteiger charge is -2.35. The van der Waals surface area contributed by atoms with Crippen LogP contribution in [0, 0.1) is 0 Å². The third-order valence-corrected chi connectivity index (χ3v) is 4.76. The molecular formula is C21H24N2O4. The summed E-state index contributed by atoms with van der Waals surface area (Å²) in [7, 11) is 3.10. The standard InChI is InChI=1S/C21H24N2O4/c1-26-17-8-9-18(19(15-17)27-2)21(25)23-12-10-22(11-13-23)20(24)14-16-6-4-3-5-7-16/h3-9,15H,10-14H2,1-2H3. The van der Waals surface area contributed by atoms with Gasteiger partial charge in [0.1, 0.15) is 11.5 Å². The van der Waals surface area contributed by atoms with Gasteiger partial charge in [-0.2, -0.15) is 0 Å². The summed E-state index contributed by atoms with van der Waals surface area (Å²) in [4.78, 5) is 28.9. The molecule has 27 heavy (non-hydrogen) atoms. The maximum Gasteiger partial charge on any atom is 0.257 e. The molecule has 1 heterocycles. The highest BCUT2D eigenvalue weighted by Gasteiger charge is 2.26. The summed E-state index contributed by atoms with van der Waals surface area (Å²) in [6.07, 6.45) is 0.390. The second-order valence-electron chi connectivity index (χ2n) is 6.40. The second-order valence-corrected chi connectivity index (χ2v) is 6.40. The van der Waals surface area contributed by atoms with Gasteiger partial charge in [-0.3, -0.25) is 9.59 Å². The molecule has 0 unspecified atom stereocenters. The Hall–Kier alpha value is -3.02. The van der Waals surface area contributed by atoms with E-state index in [9.17, 15) is 9.59 Å². The van der Waals surface area contributed by atoms with Crippen LogP contribution in [0.1, 0.15) is 15.9 Å². The first-order valence-corrected chi connectivity index (χ1v) is 8.95. The van der Waals surface area contributed by atoms with E-state index in [2.05, 4.69) is 0 Å². The number of carbonyl (C=O) groups is 2. The highest BCUT2D eigenvalue weighted by molar-refractivity contribution is 5.97. The number of piperazine rings is 1. The van der Waals surface area contributed by atoms with E-state index in [0.29, 0.717) is 49.7 Å². The average molecular weight is 368 g/mol. The Morgan fingerprint density at radius 1 is 0.889 bits per heavy atom. The van der Waals surface area contributed by atoms with E-state index >= 15 is 0 Å². The maximum atomic E-state index is 12.8. The lowest BCUT2D eigenvalue weighted by molar-refractivity contribution is -0.131. The zero-order valence-electron chi connectivity index (χ0n) is 15.7. The van der Waals surface area contributed by atoms with Crippen molar-refractivity contribution in [3.8, 4) is 11.5 Å². The Bertz CT molecular complexity index is 799. The number of hydrogen-bond donors (Lipinski definition) is 0. The van der Waals surface area contributed by atoms with Crippen molar-refractivity contribution in [2.24, 2.45) is 0 Å². The third kappa shape index (κ3) is 4.39. The smallest absolute Gasteiger partial charge is 0.257 e. The summed E-state index contributed by atoms with van der Waals surface area (Å²) in [5.41, 5.74) is 1.51. The largest absolute Gasteiger partial charge is 0.497 e. The number of nitrogens with zero attached hydrogens (tertiary/aromatic N) is 2. The van der Waals surface area contributed by atoms with Crippen molar-refractivity contribution >= 4 is 11.8 Å². The topological polar surface area (TPSA) is 59.1 Å². The number of methoxy groups -OCH3 is 2. The Morgan fingerprint density at radius 2 is 1.56 bits per heavy atom. The van der Waals surface area contributed by atoms with Crippen LogP contribution in [0.25, 0.3) is 0 Å². The molecule has 1 aliphatic rings. The molecule has 6 heteroatoms. The first kappa shape index (κ1) is 18.8. The predicted octanol–water partition coefficient (Wildman–Crippen LogP) is 2.23. The van der Waals surface area contributed by atoms with Gasteiger partial charge in [0, 0.05) is 32.2 Å². The molecule has 0 spiro atoms. The first-order chi connectivity index (χ1) is 13.1. The summed E-state index contributed by atoms with van der Waals surface area (Å²) in [5.74, 6) is 1.13.